The minimum absolute atomic E-state index is 0.0487. The van der Waals surface area contributed by atoms with Crippen LogP contribution in [0.4, 0.5) is 5.69 Å². The molecule has 0 aliphatic rings. The number of nitrogens with zero attached hydrogens (tertiary/aromatic N) is 2. The summed E-state index contributed by atoms with van der Waals surface area (Å²) in [5, 5.41) is 23.7. The monoisotopic (exact) mass is 613 g/mol. The largest absolute Gasteiger partial charge is 0.497 e. The number of hydrogen-bond donors (Lipinski definition) is 2. The molecule has 0 aliphatic heterocycles. The Morgan fingerprint density at radius 1 is 0.932 bits per heavy atom. The lowest BCUT2D eigenvalue weighted by Crippen LogP contribution is -2.46. The van der Waals surface area contributed by atoms with Gasteiger partial charge in [-0.25, -0.2) is 8.42 Å². The van der Waals surface area contributed by atoms with Crippen LogP contribution >= 0.6 is 0 Å². The van der Waals surface area contributed by atoms with E-state index in [1.807, 2.05) is 67.6 Å². The molecule has 0 heterocycles. The highest BCUT2D eigenvalue weighted by atomic mass is 32.2. The quantitative estimate of drug-likeness (QED) is 0.190. The molecule has 0 fully saturated rings. The zero-order chi connectivity index (χ0) is 31.7. The Morgan fingerprint density at radius 3 is 2.23 bits per heavy atom. The third-order valence-electron chi connectivity index (χ3n) is 7.18. The van der Waals surface area contributed by atoms with E-state index in [-0.39, 0.29) is 29.1 Å². The van der Waals surface area contributed by atoms with Crippen LogP contribution in [0.5, 0.6) is 11.5 Å². The number of β-amino-alcohol motifs (C(OH)–C–C–N with tert-alkyl or cyclic N) is 1. The van der Waals surface area contributed by atoms with Gasteiger partial charge >= 0.3 is 0 Å². The summed E-state index contributed by atoms with van der Waals surface area (Å²) in [4.78, 5) is -0.0487. The van der Waals surface area contributed by atoms with Gasteiger partial charge in [0.15, 0.2) is 0 Å². The Morgan fingerprint density at radius 2 is 1.59 bits per heavy atom. The highest BCUT2D eigenvalue weighted by Gasteiger charge is 2.28. The van der Waals surface area contributed by atoms with Crippen LogP contribution in [0.3, 0.4) is 0 Å². The van der Waals surface area contributed by atoms with Gasteiger partial charge in [-0.15, -0.1) is 0 Å². The van der Waals surface area contributed by atoms with E-state index < -0.39 is 16.1 Å². The molecule has 230 valence electrons. The van der Waals surface area contributed by atoms with Crippen LogP contribution < -0.4 is 19.1 Å². The topological polar surface area (TPSA) is 112 Å². The molecule has 2 N–H and O–H groups in total. The molecular weight excluding hydrogens is 574 g/mol. The van der Waals surface area contributed by atoms with Crippen molar-refractivity contribution in [3.05, 3.63) is 119 Å². The summed E-state index contributed by atoms with van der Waals surface area (Å²) >= 11 is 0. The van der Waals surface area contributed by atoms with E-state index in [0.29, 0.717) is 18.0 Å². The Balaban J connectivity index is 1.42. The number of ether oxygens (including phenoxy) is 2. The number of anilines is 1. The predicted octanol–water partition coefficient (Wildman–Crippen LogP) is 5.62. The van der Waals surface area contributed by atoms with Gasteiger partial charge in [0.25, 0.3) is 10.0 Å². The van der Waals surface area contributed by atoms with Crippen molar-refractivity contribution < 1.29 is 23.0 Å². The molecule has 0 saturated carbocycles. The summed E-state index contributed by atoms with van der Waals surface area (Å²) < 4.78 is 40.2. The van der Waals surface area contributed by atoms with Crippen molar-refractivity contribution in [1.82, 2.24) is 5.32 Å². The van der Waals surface area contributed by atoms with Gasteiger partial charge in [0.1, 0.15) is 35.2 Å². The molecule has 44 heavy (non-hydrogen) atoms. The first-order valence-electron chi connectivity index (χ1n) is 14.4. The van der Waals surface area contributed by atoms with Crippen molar-refractivity contribution in [2.24, 2.45) is 0 Å². The molecule has 0 unspecified atom stereocenters. The second kappa shape index (κ2) is 14.4. The summed E-state index contributed by atoms with van der Waals surface area (Å²) in [6.07, 6.45) is 0.0121. The number of nitriles is 1. The number of rotatable bonds is 14. The molecule has 0 spiro atoms. The third kappa shape index (κ3) is 8.60. The van der Waals surface area contributed by atoms with E-state index in [2.05, 4.69) is 19.2 Å². The molecule has 4 rings (SSSR count). The number of nitrogens with one attached hydrogen (secondary N) is 1. The summed E-state index contributed by atoms with van der Waals surface area (Å²) in [6.45, 7) is 6.45. The van der Waals surface area contributed by atoms with E-state index in [9.17, 15) is 18.8 Å². The molecule has 4 aromatic rings. The van der Waals surface area contributed by atoms with Crippen LogP contribution in [0.15, 0.2) is 102 Å². The Hall–Kier alpha value is -4.36. The Labute approximate surface area is 260 Å². The van der Waals surface area contributed by atoms with Crippen molar-refractivity contribution >= 4 is 15.7 Å². The SMILES string of the molecule is COc1ccc(CC(C)(C)NC[C@@H](O)COc2ccc(N(Cc3ccccc3)S(=O)(=O)c3ccc(C)cc3C#N)cc2)cc1. The second-order valence-corrected chi connectivity index (χ2v) is 13.2. The molecule has 0 aromatic heterocycles. The fourth-order valence-electron chi connectivity index (χ4n) is 4.81. The first kappa shape index (κ1) is 32.6. The highest BCUT2D eigenvalue weighted by molar-refractivity contribution is 7.92. The maximum Gasteiger partial charge on any atom is 0.265 e. The molecule has 9 heteroatoms. The van der Waals surface area contributed by atoms with E-state index in [1.54, 1.807) is 43.5 Å². The van der Waals surface area contributed by atoms with E-state index in [1.165, 1.54) is 10.4 Å². The van der Waals surface area contributed by atoms with Crippen LogP contribution in [-0.2, 0) is 23.0 Å². The predicted molar refractivity (Wildman–Crippen MR) is 172 cm³/mol. The average Bonchev–Trinajstić information content (AvgIpc) is 3.02. The molecule has 8 nitrogen and oxygen atoms in total. The normalized spacial score (nSPS) is 12.3. The third-order valence-corrected chi connectivity index (χ3v) is 9.01. The van der Waals surface area contributed by atoms with Crippen molar-refractivity contribution in [2.45, 2.75) is 50.3 Å². The first-order valence-corrected chi connectivity index (χ1v) is 15.8. The van der Waals surface area contributed by atoms with Crippen molar-refractivity contribution in [3.63, 3.8) is 0 Å². The van der Waals surface area contributed by atoms with Gasteiger partial charge in [-0.1, -0.05) is 48.5 Å². The molecule has 1 atom stereocenters. The second-order valence-electron chi connectivity index (χ2n) is 11.4. The Kier molecular flexibility index (Phi) is 10.7. The number of methoxy groups -OCH3 is 1. The van der Waals surface area contributed by atoms with Crippen LogP contribution in [0.1, 0.15) is 36.1 Å². The van der Waals surface area contributed by atoms with E-state index >= 15 is 0 Å². The van der Waals surface area contributed by atoms with Crippen LogP contribution in [0.2, 0.25) is 0 Å². The average molecular weight is 614 g/mol. The van der Waals surface area contributed by atoms with Crippen LogP contribution in [0, 0.1) is 18.3 Å². The summed E-state index contributed by atoms with van der Waals surface area (Å²) in [5.41, 5.74) is 3.02. The first-order chi connectivity index (χ1) is 21.0. The van der Waals surface area contributed by atoms with Gasteiger partial charge in [0.2, 0.25) is 0 Å². The van der Waals surface area contributed by atoms with Crippen molar-refractivity contribution in [1.29, 1.82) is 5.26 Å². The van der Waals surface area contributed by atoms with Gasteiger partial charge in [-0.3, -0.25) is 4.31 Å². The maximum absolute atomic E-state index is 13.9. The van der Waals surface area contributed by atoms with Crippen LogP contribution in [-0.4, -0.2) is 45.4 Å². The zero-order valence-electron chi connectivity index (χ0n) is 25.5. The van der Waals surface area contributed by atoms with Crippen molar-refractivity contribution in [2.75, 3.05) is 24.6 Å². The number of hydrogen-bond acceptors (Lipinski definition) is 7. The lowest BCUT2D eigenvalue weighted by Gasteiger charge is -2.28. The summed E-state index contributed by atoms with van der Waals surface area (Å²) in [7, 11) is -2.44. The molecule has 0 bridgehead atoms. The minimum atomic E-state index is -4.08. The summed E-state index contributed by atoms with van der Waals surface area (Å²) in [5.74, 6) is 1.31. The molecule has 0 aliphatic carbocycles. The van der Waals surface area contributed by atoms with Gasteiger partial charge in [-0.05, 0) is 92.4 Å². The smallest absolute Gasteiger partial charge is 0.265 e. The summed E-state index contributed by atoms with van der Waals surface area (Å²) in [6, 6.07) is 30.7. The number of aliphatic hydroxyl groups is 1. The number of aryl methyl sites for hydroxylation is 1. The zero-order valence-corrected chi connectivity index (χ0v) is 26.3. The van der Waals surface area contributed by atoms with Gasteiger partial charge < -0.3 is 19.9 Å². The number of benzene rings is 4. The molecule has 0 saturated heterocycles. The van der Waals surface area contributed by atoms with Crippen LogP contribution in [0.25, 0.3) is 0 Å². The minimum Gasteiger partial charge on any atom is -0.497 e. The lowest BCUT2D eigenvalue weighted by atomic mass is 9.94. The molecule has 0 radical (unpaired) electrons. The molecule has 0 amide bonds. The number of sulfonamides is 1. The molecular formula is C35H39N3O5S. The Bertz CT molecular complexity index is 1670. The van der Waals surface area contributed by atoms with Gasteiger partial charge in [0.05, 0.1) is 24.9 Å². The fraction of sp³-hybridized carbons (Fsp3) is 0.286. The maximum atomic E-state index is 13.9. The fourth-order valence-corrected chi connectivity index (χ4v) is 6.39. The van der Waals surface area contributed by atoms with Gasteiger partial charge in [0, 0.05) is 12.1 Å². The standard InChI is InChI=1S/C35H39N3O5S/c1-26-10-19-34(29(20-26)22-36)44(40,41)38(24-28-8-6-5-7-9-28)30-13-17-33(18-14-30)43-25-31(39)23-37-35(2,3)21-27-11-15-32(42-4)16-12-27/h5-20,31,37,39H,21,23-25H2,1-4H3/t31-/m1/s1. The van der Waals surface area contributed by atoms with E-state index in [0.717, 1.165) is 28.9 Å². The number of aliphatic hydroxyl groups excluding tert-OH is 1. The molecule has 4 aromatic carbocycles. The highest BCUT2D eigenvalue weighted by Crippen LogP contribution is 2.30. The van der Waals surface area contributed by atoms with Crippen molar-refractivity contribution in [3.8, 4) is 17.6 Å². The lowest BCUT2D eigenvalue weighted by molar-refractivity contribution is 0.0988. The van der Waals surface area contributed by atoms with E-state index in [4.69, 9.17) is 9.47 Å². The van der Waals surface area contributed by atoms with Gasteiger partial charge in [-0.2, -0.15) is 5.26 Å².